The number of esters is 1. The number of nitrogens with one attached hydrogen (secondary N) is 1. The fraction of sp³-hybridized carbons (Fsp3) is 0.500. The highest BCUT2D eigenvalue weighted by atomic mass is 32.1. The zero-order valence-electron chi connectivity index (χ0n) is 17.5. The Morgan fingerprint density at radius 2 is 2.42 bits per heavy atom. The average Bonchev–Trinajstić information content (AvgIpc) is 3.37. The van der Waals surface area contributed by atoms with Crippen molar-refractivity contribution in [3.63, 3.8) is 0 Å². The molecule has 2 aromatic rings. The molecule has 2 aliphatic rings. The Bertz CT molecular complexity index is 942. The van der Waals surface area contributed by atoms with Gasteiger partial charge in [-0.3, -0.25) is 4.90 Å². The van der Waals surface area contributed by atoms with Gasteiger partial charge in [-0.05, 0) is 31.0 Å². The number of rotatable bonds is 6. The number of aromatic nitrogens is 1. The summed E-state index contributed by atoms with van der Waals surface area (Å²) in [6.45, 7) is 4.30. The summed E-state index contributed by atoms with van der Waals surface area (Å²) in [4.78, 5) is 19.4. The molecule has 1 spiro atoms. The zero-order valence-corrected chi connectivity index (χ0v) is 18.3. The summed E-state index contributed by atoms with van der Waals surface area (Å²) < 4.78 is 17.2. The molecule has 0 aliphatic carbocycles. The third kappa shape index (κ3) is 5.40. The van der Waals surface area contributed by atoms with E-state index >= 15 is 0 Å². The number of carbonyl (C=O) groups excluding carboxylic acids is 1. The lowest BCUT2D eigenvalue weighted by Crippen LogP contribution is -2.44. The molecule has 0 radical (unpaired) electrons. The first-order valence-corrected chi connectivity index (χ1v) is 11.2. The van der Waals surface area contributed by atoms with Gasteiger partial charge in [-0.2, -0.15) is 5.26 Å². The average molecular weight is 443 g/mol. The highest BCUT2D eigenvalue weighted by Crippen LogP contribution is 2.34. The van der Waals surface area contributed by atoms with Crippen LogP contribution >= 0.6 is 11.3 Å². The highest BCUT2D eigenvalue weighted by Gasteiger charge is 2.43. The number of thiophene rings is 1. The van der Waals surface area contributed by atoms with E-state index in [2.05, 4.69) is 21.3 Å². The van der Waals surface area contributed by atoms with E-state index in [4.69, 9.17) is 19.5 Å². The predicted octanol–water partition coefficient (Wildman–Crippen LogP) is 2.66. The first-order valence-electron chi connectivity index (χ1n) is 10.3. The van der Waals surface area contributed by atoms with Crippen molar-refractivity contribution >= 4 is 23.1 Å². The fourth-order valence-electron chi connectivity index (χ4n) is 4.07. The van der Waals surface area contributed by atoms with Gasteiger partial charge < -0.3 is 19.5 Å². The molecule has 8 nitrogen and oxygen atoms in total. The van der Waals surface area contributed by atoms with E-state index in [9.17, 15) is 4.79 Å². The molecule has 0 aromatic carbocycles. The quantitative estimate of drug-likeness (QED) is 0.682. The van der Waals surface area contributed by atoms with Crippen LogP contribution in [0.5, 0.6) is 0 Å². The van der Waals surface area contributed by atoms with Gasteiger partial charge in [-0.15, -0.1) is 11.3 Å². The van der Waals surface area contributed by atoms with Crippen LogP contribution in [0.25, 0.3) is 0 Å². The van der Waals surface area contributed by atoms with Gasteiger partial charge in [0, 0.05) is 42.6 Å². The summed E-state index contributed by atoms with van der Waals surface area (Å²) in [5.41, 5.74) is 0.827. The second-order valence-corrected chi connectivity index (χ2v) is 8.94. The van der Waals surface area contributed by atoms with Crippen LogP contribution < -0.4 is 5.32 Å². The molecule has 4 rings (SSSR count). The van der Waals surface area contributed by atoms with E-state index in [0.29, 0.717) is 30.9 Å². The minimum atomic E-state index is -0.316. The summed E-state index contributed by atoms with van der Waals surface area (Å²) in [7, 11) is 1.40. The van der Waals surface area contributed by atoms with Gasteiger partial charge >= 0.3 is 5.97 Å². The monoisotopic (exact) mass is 442 g/mol. The van der Waals surface area contributed by atoms with Crippen LogP contribution in [0.2, 0.25) is 0 Å². The van der Waals surface area contributed by atoms with Crippen LogP contribution in [-0.2, 0) is 20.8 Å². The second-order valence-electron chi connectivity index (χ2n) is 7.94. The van der Waals surface area contributed by atoms with Crippen molar-refractivity contribution < 1.29 is 19.0 Å². The number of ether oxygens (including phenoxy) is 3. The van der Waals surface area contributed by atoms with Crippen molar-refractivity contribution in [3.05, 3.63) is 45.8 Å². The molecular weight excluding hydrogens is 416 g/mol. The Kier molecular flexibility index (Phi) is 6.83. The van der Waals surface area contributed by atoms with Crippen molar-refractivity contribution in [2.24, 2.45) is 0 Å². The summed E-state index contributed by atoms with van der Waals surface area (Å²) in [5, 5.41) is 14.0. The summed E-state index contributed by atoms with van der Waals surface area (Å²) in [6, 6.07) is 7.53. The summed E-state index contributed by atoms with van der Waals surface area (Å²) in [6.07, 6.45) is 3.53. The van der Waals surface area contributed by atoms with E-state index in [1.54, 1.807) is 23.6 Å². The normalized spacial score (nSPS) is 23.9. The van der Waals surface area contributed by atoms with Gasteiger partial charge in [0.25, 0.3) is 0 Å². The van der Waals surface area contributed by atoms with Crippen molar-refractivity contribution in [2.75, 3.05) is 45.3 Å². The minimum absolute atomic E-state index is 0.0775. The van der Waals surface area contributed by atoms with Gasteiger partial charge in [-0.25, -0.2) is 9.78 Å². The van der Waals surface area contributed by atoms with Crippen LogP contribution in [0.3, 0.4) is 0 Å². The van der Waals surface area contributed by atoms with Gasteiger partial charge in [-0.1, -0.05) is 0 Å². The molecule has 0 amide bonds. The third-order valence-electron chi connectivity index (χ3n) is 5.63. The SMILES string of the molecule is COC(=O)c1csc(CN2CCOC[C@@]3(CC[C@H](CNc4ccc(C#N)cn4)O3)C2)c1. The number of carbonyl (C=O) groups is 1. The predicted molar refractivity (Wildman–Crippen MR) is 116 cm³/mol. The van der Waals surface area contributed by atoms with E-state index in [0.717, 1.165) is 43.2 Å². The molecule has 1 N–H and O–H groups in total. The number of nitrogens with zero attached hydrogens (tertiary/aromatic N) is 3. The number of methoxy groups -OCH3 is 1. The molecule has 31 heavy (non-hydrogen) atoms. The second kappa shape index (κ2) is 9.75. The lowest BCUT2D eigenvalue weighted by molar-refractivity contribution is -0.0826. The topological polar surface area (TPSA) is 96.7 Å². The lowest BCUT2D eigenvalue weighted by Gasteiger charge is -2.31. The number of anilines is 1. The molecule has 164 valence electrons. The van der Waals surface area contributed by atoms with E-state index < -0.39 is 0 Å². The maximum atomic E-state index is 11.7. The lowest BCUT2D eigenvalue weighted by atomic mass is 10.00. The first kappa shape index (κ1) is 21.7. The van der Waals surface area contributed by atoms with Gasteiger partial charge in [0.1, 0.15) is 17.5 Å². The minimum Gasteiger partial charge on any atom is -0.465 e. The third-order valence-corrected chi connectivity index (χ3v) is 6.55. The Morgan fingerprint density at radius 3 is 3.19 bits per heavy atom. The molecule has 2 fully saturated rings. The molecule has 2 atom stereocenters. The molecule has 9 heteroatoms. The molecule has 2 aromatic heterocycles. The van der Waals surface area contributed by atoms with Crippen molar-refractivity contribution in [1.82, 2.24) is 9.88 Å². The van der Waals surface area contributed by atoms with E-state index in [1.807, 2.05) is 17.5 Å². The Hall–Kier alpha value is -2.51. The van der Waals surface area contributed by atoms with E-state index in [1.165, 1.54) is 7.11 Å². The Labute approximate surface area is 185 Å². The maximum Gasteiger partial charge on any atom is 0.338 e. The Balaban J connectivity index is 1.33. The number of hydrogen-bond donors (Lipinski definition) is 1. The highest BCUT2D eigenvalue weighted by molar-refractivity contribution is 7.10. The number of pyridine rings is 1. The van der Waals surface area contributed by atoms with E-state index in [-0.39, 0.29) is 17.7 Å². The van der Waals surface area contributed by atoms with Gasteiger partial charge in [0.05, 0.1) is 37.6 Å². The smallest absolute Gasteiger partial charge is 0.338 e. The van der Waals surface area contributed by atoms with Crippen molar-refractivity contribution in [1.29, 1.82) is 5.26 Å². The fourth-order valence-corrected chi connectivity index (χ4v) is 4.97. The summed E-state index contributed by atoms with van der Waals surface area (Å²) in [5.74, 6) is 0.436. The zero-order chi connectivity index (χ0) is 21.7. The first-order chi connectivity index (χ1) is 15.1. The number of nitriles is 1. The Morgan fingerprint density at radius 1 is 1.52 bits per heavy atom. The molecule has 0 saturated carbocycles. The van der Waals surface area contributed by atoms with Crippen molar-refractivity contribution in [2.45, 2.75) is 31.1 Å². The van der Waals surface area contributed by atoms with Crippen LogP contribution in [0, 0.1) is 11.3 Å². The van der Waals surface area contributed by atoms with Crippen LogP contribution in [0.15, 0.2) is 29.8 Å². The van der Waals surface area contributed by atoms with Crippen LogP contribution in [0.1, 0.15) is 33.6 Å². The number of hydrogen-bond acceptors (Lipinski definition) is 9. The molecule has 0 unspecified atom stereocenters. The molecule has 4 heterocycles. The maximum absolute atomic E-state index is 11.7. The standard InChI is InChI=1S/C22H26N4O4S/c1-28-21(27)17-8-19(31-13-17)12-26-6-7-29-15-22(14-26)5-4-18(30-22)11-25-20-3-2-16(9-23)10-24-20/h2-3,8,10,13,18H,4-7,11-12,14-15H2,1H3,(H,24,25)/t18-,22-/m1/s1. The van der Waals surface area contributed by atoms with Gasteiger partial charge in [0.2, 0.25) is 0 Å². The molecular formula is C22H26N4O4S. The van der Waals surface area contributed by atoms with Crippen molar-refractivity contribution in [3.8, 4) is 6.07 Å². The molecule has 0 bridgehead atoms. The van der Waals surface area contributed by atoms with Crippen LogP contribution in [0.4, 0.5) is 5.82 Å². The largest absolute Gasteiger partial charge is 0.465 e. The summed E-state index contributed by atoms with van der Waals surface area (Å²) >= 11 is 1.57. The van der Waals surface area contributed by atoms with Gasteiger partial charge in [0.15, 0.2) is 0 Å². The molecule has 2 saturated heterocycles. The van der Waals surface area contributed by atoms with Crippen LogP contribution in [-0.4, -0.2) is 67.5 Å². The molecule has 2 aliphatic heterocycles.